The first-order valence-electron chi connectivity index (χ1n) is 9.73. The van der Waals surface area contributed by atoms with Gasteiger partial charge in [0.15, 0.2) is 0 Å². The van der Waals surface area contributed by atoms with Crippen molar-refractivity contribution in [3.63, 3.8) is 0 Å². The number of hydrogen-bond donors (Lipinski definition) is 4. The zero-order valence-corrected chi connectivity index (χ0v) is 16.6. The Kier molecular flexibility index (Phi) is 7.08. The molecule has 27 heavy (non-hydrogen) atoms. The maximum Gasteiger partial charge on any atom is 0.269 e. The number of allylic oxidation sites excluding steroid dienone is 3. The van der Waals surface area contributed by atoms with Crippen LogP contribution in [-0.2, 0) is 6.42 Å². The SMILES string of the molecule is C=C(C)C1CCC(C)=CC1c1c(O)cc(CCCCC)c(C(=O)NN)c1O. The van der Waals surface area contributed by atoms with Crippen LogP contribution in [0, 0.1) is 5.92 Å². The van der Waals surface area contributed by atoms with Crippen LogP contribution in [0.5, 0.6) is 11.5 Å². The van der Waals surface area contributed by atoms with Crippen molar-refractivity contribution in [2.45, 2.75) is 65.2 Å². The quantitative estimate of drug-likeness (QED) is 0.187. The summed E-state index contributed by atoms with van der Waals surface area (Å²) >= 11 is 0. The molecule has 2 rings (SSSR count). The van der Waals surface area contributed by atoms with Crippen LogP contribution in [0.25, 0.3) is 0 Å². The van der Waals surface area contributed by atoms with Crippen LogP contribution < -0.4 is 11.3 Å². The van der Waals surface area contributed by atoms with Gasteiger partial charge in [-0.25, -0.2) is 5.84 Å². The summed E-state index contributed by atoms with van der Waals surface area (Å²) in [6.45, 7) is 10.2. The molecule has 0 bridgehead atoms. The maximum absolute atomic E-state index is 12.4. The highest BCUT2D eigenvalue weighted by Gasteiger charge is 2.32. The topological polar surface area (TPSA) is 95.6 Å². The standard InChI is InChI=1S/C22H32N2O3/c1-5-6-7-8-15-12-18(25)20(21(26)19(15)22(27)24-23)17-11-14(4)9-10-16(17)13(2)3/h11-12,16-17,25-26H,2,5-10,23H2,1,3-4H3,(H,24,27). The smallest absolute Gasteiger partial charge is 0.269 e. The Bertz CT molecular complexity index is 752. The van der Waals surface area contributed by atoms with E-state index in [-0.39, 0.29) is 28.9 Å². The minimum Gasteiger partial charge on any atom is -0.507 e. The van der Waals surface area contributed by atoms with Gasteiger partial charge < -0.3 is 10.2 Å². The summed E-state index contributed by atoms with van der Waals surface area (Å²) in [5, 5.41) is 21.8. The van der Waals surface area contributed by atoms with Crippen LogP contribution in [0.15, 0.2) is 29.9 Å². The number of aromatic hydroxyl groups is 2. The van der Waals surface area contributed by atoms with Crippen LogP contribution in [-0.4, -0.2) is 16.1 Å². The van der Waals surface area contributed by atoms with E-state index in [1.54, 1.807) is 6.07 Å². The molecule has 1 aliphatic carbocycles. The number of nitrogens with one attached hydrogen (secondary N) is 1. The van der Waals surface area contributed by atoms with Gasteiger partial charge in [-0.2, -0.15) is 0 Å². The van der Waals surface area contributed by atoms with Crippen molar-refractivity contribution in [2.75, 3.05) is 0 Å². The van der Waals surface area contributed by atoms with Gasteiger partial charge in [0.25, 0.3) is 5.91 Å². The molecule has 0 saturated carbocycles. The van der Waals surface area contributed by atoms with Gasteiger partial charge in [-0.15, -0.1) is 0 Å². The molecule has 0 spiro atoms. The van der Waals surface area contributed by atoms with Crippen molar-refractivity contribution in [3.8, 4) is 11.5 Å². The lowest BCUT2D eigenvalue weighted by atomic mass is 9.73. The number of amides is 1. The zero-order valence-electron chi connectivity index (χ0n) is 16.6. The van der Waals surface area contributed by atoms with Gasteiger partial charge in [0.05, 0.1) is 5.56 Å². The molecule has 0 fully saturated rings. The molecular formula is C22H32N2O3. The Hall–Kier alpha value is -2.27. The first-order chi connectivity index (χ1) is 12.8. The molecule has 148 valence electrons. The predicted molar refractivity (Wildman–Crippen MR) is 109 cm³/mol. The van der Waals surface area contributed by atoms with Crippen molar-refractivity contribution in [1.82, 2.24) is 5.43 Å². The van der Waals surface area contributed by atoms with Crippen molar-refractivity contribution in [3.05, 3.63) is 46.6 Å². The predicted octanol–water partition coefficient (Wildman–Crippen LogP) is 4.45. The monoisotopic (exact) mass is 372 g/mol. The third-order valence-electron chi connectivity index (χ3n) is 5.52. The number of aryl methyl sites for hydroxylation is 1. The van der Waals surface area contributed by atoms with Gasteiger partial charge in [0, 0.05) is 11.5 Å². The highest BCUT2D eigenvalue weighted by molar-refractivity contribution is 5.99. The van der Waals surface area contributed by atoms with Crippen LogP contribution in [0.3, 0.4) is 0 Å². The van der Waals surface area contributed by atoms with Gasteiger partial charge in [-0.1, -0.05) is 43.6 Å². The van der Waals surface area contributed by atoms with E-state index in [9.17, 15) is 15.0 Å². The van der Waals surface area contributed by atoms with E-state index < -0.39 is 5.91 Å². The summed E-state index contributed by atoms with van der Waals surface area (Å²) in [6, 6.07) is 1.61. The summed E-state index contributed by atoms with van der Waals surface area (Å²) in [7, 11) is 0. The Morgan fingerprint density at radius 3 is 2.67 bits per heavy atom. The second kappa shape index (κ2) is 9.09. The van der Waals surface area contributed by atoms with Gasteiger partial charge >= 0.3 is 0 Å². The number of hydrogen-bond acceptors (Lipinski definition) is 4. The molecule has 1 aromatic carbocycles. The molecule has 0 saturated heterocycles. The Morgan fingerprint density at radius 2 is 2.07 bits per heavy atom. The number of carbonyl (C=O) groups is 1. The average molecular weight is 373 g/mol. The second-order valence-corrected chi connectivity index (χ2v) is 7.65. The fourth-order valence-corrected chi connectivity index (χ4v) is 4.05. The Labute approximate surface area is 161 Å². The number of phenolic OH excluding ortho intramolecular Hbond substituents is 2. The van der Waals surface area contributed by atoms with E-state index in [2.05, 4.69) is 25.0 Å². The molecule has 1 amide bonds. The molecule has 2 atom stereocenters. The molecule has 1 aliphatic rings. The number of nitrogens with two attached hydrogens (primary N) is 1. The fraction of sp³-hybridized carbons (Fsp3) is 0.500. The molecule has 0 aliphatic heterocycles. The summed E-state index contributed by atoms with van der Waals surface area (Å²) in [4.78, 5) is 12.4. The highest BCUT2D eigenvalue weighted by Crippen LogP contribution is 2.48. The summed E-state index contributed by atoms with van der Waals surface area (Å²) < 4.78 is 0. The first-order valence-corrected chi connectivity index (χ1v) is 9.73. The number of carbonyl (C=O) groups excluding carboxylic acids is 1. The fourth-order valence-electron chi connectivity index (χ4n) is 4.05. The third-order valence-corrected chi connectivity index (χ3v) is 5.52. The number of unbranched alkanes of at least 4 members (excludes halogenated alkanes) is 2. The van der Waals surface area contributed by atoms with Crippen molar-refractivity contribution >= 4 is 5.91 Å². The van der Waals surface area contributed by atoms with Crippen LogP contribution in [0.4, 0.5) is 0 Å². The van der Waals surface area contributed by atoms with E-state index in [4.69, 9.17) is 5.84 Å². The van der Waals surface area contributed by atoms with Gasteiger partial charge in [0.2, 0.25) is 0 Å². The number of rotatable bonds is 7. The zero-order chi connectivity index (χ0) is 20.1. The number of nitrogen functional groups attached to an aromatic ring is 1. The highest BCUT2D eigenvalue weighted by atomic mass is 16.3. The number of phenols is 2. The second-order valence-electron chi connectivity index (χ2n) is 7.65. The molecule has 2 unspecified atom stereocenters. The molecule has 5 heteroatoms. The molecule has 0 heterocycles. The van der Waals surface area contributed by atoms with E-state index in [0.717, 1.165) is 37.7 Å². The van der Waals surface area contributed by atoms with E-state index in [0.29, 0.717) is 17.5 Å². The number of benzene rings is 1. The lowest BCUT2D eigenvalue weighted by Crippen LogP contribution is -2.31. The molecule has 0 radical (unpaired) electrons. The first kappa shape index (κ1) is 21.0. The Balaban J connectivity index is 2.61. The third kappa shape index (κ3) is 4.53. The minimum absolute atomic E-state index is 0.0229. The van der Waals surface area contributed by atoms with Crippen LogP contribution in [0.1, 0.15) is 80.3 Å². The minimum atomic E-state index is -0.538. The summed E-state index contributed by atoms with van der Waals surface area (Å²) in [6.07, 6.45) is 7.45. The summed E-state index contributed by atoms with van der Waals surface area (Å²) in [5.74, 6) is 4.56. The van der Waals surface area contributed by atoms with Crippen LogP contribution in [0.2, 0.25) is 0 Å². The van der Waals surface area contributed by atoms with E-state index in [1.165, 1.54) is 5.57 Å². The van der Waals surface area contributed by atoms with E-state index >= 15 is 0 Å². The summed E-state index contributed by atoms with van der Waals surface area (Å²) in [5.41, 5.74) is 5.51. The van der Waals surface area contributed by atoms with Gasteiger partial charge in [0.1, 0.15) is 11.5 Å². The molecular weight excluding hydrogens is 340 g/mol. The van der Waals surface area contributed by atoms with Crippen LogP contribution >= 0.6 is 0 Å². The average Bonchev–Trinajstić information content (AvgIpc) is 2.61. The van der Waals surface area contributed by atoms with Crippen molar-refractivity contribution < 1.29 is 15.0 Å². The van der Waals surface area contributed by atoms with Gasteiger partial charge in [-0.05, 0) is 57.1 Å². The molecule has 0 aromatic heterocycles. The number of hydrazine groups is 1. The van der Waals surface area contributed by atoms with E-state index in [1.807, 2.05) is 13.8 Å². The maximum atomic E-state index is 12.4. The van der Waals surface area contributed by atoms with Crippen molar-refractivity contribution in [2.24, 2.45) is 11.8 Å². The molecule has 1 aromatic rings. The lowest BCUT2D eigenvalue weighted by Gasteiger charge is -2.32. The molecule has 5 N–H and O–H groups in total. The lowest BCUT2D eigenvalue weighted by molar-refractivity contribution is 0.0949. The Morgan fingerprint density at radius 1 is 1.37 bits per heavy atom. The van der Waals surface area contributed by atoms with Crippen molar-refractivity contribution in [1.29, 1.82) is 0 Å². The largest absolute Gasteiger partial charge is 0.507 e. The molecule has 5 nitrogen and oxygen atoms in total. The normalized spacial score (nSPS) is 19.5. The van der Waals surface area contributed by atoms with Gasteiger partial charge in [-0.3, -0.25) is 10.2 Å².